The van der Waals surface area contributed by atoms with Crippen LogP contribution in [0.4, 0.5) is 0 Å². The molecule has 11 aromatic rings. The topological polar surface area (TPSA) is 281 Å². The van der Waals surface area contributed by atoms with Crippen molar-refractivity contribution in [2.75, 3.05) is 52.9 Å². The fraction of sp³-hybridized carbons (Fsp3) is 0.387. The van der Waals surface area contributed by atoms with E-state index in [9.17, 15) is 20.4 Å². The number of ether oxygens (including phenoxy) is 8. The highest BCUT2D eigenvalue weighted by Gasteiger charge is 2.61. The molecule has 11 aromatic carbocycles. The molecule has 0 fully saturated rings. The molecular weight excluding hydrogens is 1810 g/mol. The Labute approximate surface area is 849 Å². The molecule has 0 atom stereocenters. The zero-order valence-corrected chi connectivity index (χ0v) is 84.0. The Hall–Kier alpha value is -14.2. The van der Waals surface area contributed by atoms with Crippen LogP contribution in [-0.2, 0) is 74.9 Å². The highest BCUT2D eigenvalue weighted by atomic mass is 16.6. The van der Waals surface area contributed by atoms with Gasteiger partial charge in [-0.2, -0.15) is 0 Å². The molecule has 0 spiro atoms. The second-order valence-corrected chi connectivity index (χ2v) is 37.9. The van der Waals surface area contributed by atoms with Crippen LogP contribution in [-0.4, -0.2) is 109 Å². The first kappa shape index (κ1) is 107. The molecule has 2 aliphatic carbocycles. The van der Waals surface area contributed by atoms with E-state index < -0.39 is 83.3 Å². The summed E-state index contributed by atoms with van der Waals surface area (Å²) in [5.74, 6) is 9.05. The van der Waals surface area contributed by atoms with Crippen molar-refractivity contribution in [3.8, 4) is 69.7 Å². The van der Waals surface area contributed by atoms with Gasteiger partial charge in [0.25, 0.3) is 11.8 Å². The second kappa shape index (κ2) is 54.8. The molecule has 2 aliphatic rings. The van der Waals surface area contributed by atoms with Crippen molar-refractivity contribution < 1.29 is 87.1 Å². The smallest absolute Gasteiger partial charge is 0.324 e. The van der Waals surface area contributed by atoms with E-state index in [1.54, 1.807) is 0 Å². The summed E-state index contributed by atoms with van der Waals surface area (Å²) in [6.07, 6.45) is 21.3. The molecule has 0 saturated heterocycles. The average Bonchev–Trinajstić information content (AvgIpc) is 1.53. The predicted molar refractivity (Wildman–Crippen MR) is 562 cm³/mol. The zero-order valence-electron chi connectivity index (χ0n) is 84.0. The van der Waals surface area contributed by atoms with Gasteiger partial charge in [-0.05, 0) is 204 Å². The number of carbonyl (C=O) groups is 6. The summed E-state index contributed by atoms with van der Waals surface area (Å²) < 4.78 is 51.8. The van der Waals surface area contributed by atoms with Crippen molar-refractivity contribution in [3.05, 3.63) is 344 Å². The predicted octanol–water partition coefficient (Wildman–Crippen LogP) is 25.0. The Balaban J connectivity index is 0.934. The number of hydrogen-bond donors (Lipinski definition) is 6. The first-order valence-electron chi connectivity index (χ1n) is 52.1. The molecule has 0 unspecified atom stereocenters. The van der Waals surface area contributed by atoms with Crippen LogP contribution in [0.25, 0.3) is 0 Å². The first-order valence-corrected chi connectivity index (χ1v) is 52.1. The van der Waals surface area contributed by atoms with Gasteiger partial charge in [0.05, 0.1) is 52.9 Å². The Morgan fingerprint density at radius 2 is 0.493 bits per heavy atom. The number of fused-ring (bicyclic) bond motifs is 2. The molecule has 0 bridgehead atoms. The van der Waals surface area contributed by atoms with Gasteiger partial charge < -0.3 is 69.0 Å². The van der Waals surface area contributed by atoms with E-state index in [0.717, 1.165) is 128 Å². The van der Waals surface area contributed by atoms with Gasteiger partial charge in [0.1, 0.15) is 57.1 Å². The maximum absolute atomic E-state index is 18.0. The number of nitrogens with one attached hydrogen (secondary N) is 2. The Kier molecular flexibility index (Phi) is 40.8. The van der Waals surface area contributed by atoms with Gasteiger partial charge in [-0.25, -0.2) is 0 Å². The number of amides is 2. The van der Waals surface area contributed by atoms with E-state index in [0.29, 0.717) is 143 Å². The highest BCUT2D eigenvalue weighted by Crippen LogP contribution is 2.53. The number of rotatable bonds is 56. The molecule has 0 radical (unpaired) electrons. The lowest BCUT2D eigenvalue weighted by Crippen LogP contribution is -2.49. The normalized spacial score (nSPS) is 12.6. The molecule has 6 N–H and O–H groups in total. The molecule has 0 heterocycles. The first-order chi connectivity index (χ1) is 70.3. The second-order valence-electron chi connectivity index (χ2n) is 37.9. The standard InChI is InChI=1S/C124H140N2O18/c1-5-9-13-17-21-37-75-141-117(133)121(118(134)142-76-38-22-18-14-10-6-2)87-109-110(88-121)114(116(132)126-124(97-51-33-27-34-52-97,98-53-35-28-36-54-98)100-56-46-58-108(84-100)140-74-44-42-72-138-106-69-65-92(66-70-106)60-62-94-81-103(129)86-104(130)82-94)112-90-122(119(135)143-77-39-23-19-15-11-7-3,120(136)144-78-40-24-20-16-12-8-4)89-111(112)113(109)115(131)125-123(95-47-29-25-30-48-95,96-49-31-26-32-50-96)99-55-45-57-107(83-99)139-73-43-41-71-137-105-67-63-91(64-68-105)59-61-93-79-101(127)85-102(128)80-93/h25-36,45-58,63-70,79-86,127-130H,5-24,37-44,71-78,87-90H2,1-4H3,(H,125,131)(H,126,132). The summed E-state index contributed by atoms with van der Waals surface area (Å²) in [6.45, 7) is 9.79. The van der Waals surface area contributed by atoms with Gasteiger partial charge >= 0.3 is 23.9 Å². The van der Waals surface area contributed by atoms with Crippen LogP contribution in [0.2, 0.25) is 0 Å². The maximum atomic E-state index is 18.0. The molecule has 144 heavy (non-hydrogen) atoms. The quantitative estimate of drug-likeness (QED) is 0.00516. The molecule has 2 amide bonds. The fourth-order valence-corrected chi connectivity index (χ4v) is 19.5. The van der Waals surface area contributed by atoms with Crippen LogP contribution in [0.5, 0.6) is 46.0 Å². The van der Waals surface area contributed by atoms with E-state index in [1.165, 1.54) is 36.4 Å². The Morgan fingerprint density at radius 3 is 0.764 bits per heavy atom. The third kappa shape index (κ3) is 28.6. The molecule has 20 heteroatoms. The van der Waals surface area contributed by atoms with Gasteiger partial charge in [0, 0.05) is 71.2 Å². The largest absolute Gasteiger partial charge is 0.508 e. The Bertz CT molecular complexity index is 5550. The summed E-state index contributed by atoms with van der Waals surface area (Å²) >= 11 is 0. The number of carbonyl (C=O) groups excluding carboxylic acids is 6. The van der Waals surface area contributed by atoms with Crippen LogP contribution in [0, 0.1) is 34.5 Å². The lowest BCUT2D eigenvalue weighted by Gasteiger charge is -2.38. The zero-order chi connectivity index (χ0) is 101. The van der Waals surface area contributed by atoms with Gasteiger partial charge in [-0.1, -0.05) is 325 Å². The van der Waals surface area contributed by atoms with Crippen LogP contribution in [0.1, 0.15) is 306 Å². The SMILES string of the molecule is CCCCCCCCOC(=O)C1(C(=O)OCCCCCCCC)Cc2c(c(C(=O)NC(c3ccccc3)(c3ccccc3)c3cccc(OCCCCOc4ccc(C#Cc5cc(O)cc(O)c5)cc4)c3)c3c(c2C(=O)NC(c2ccccc2)(c2ccccc2)c2cccc(OCCCCOc4ccc(C#Cc5cc(O)cc(O)c5)cc4)c2)CC(C(=O)OCCCCCCCC)(C(=O)OCCCCCCCC)C3)C1. The summed E-state index contributed by atoms with van der Waals surface area (Å²) in [4.78, 5) is 102. The van der Waals surface area contributed by atoms with Crippen LogP contribution < -0.4 is 29.6 Å². The van der Waals surface area contributed by atoms with Crippen molar-refractivity contribution in [1.82, 2.24) is 10.6 Å². The average molecular weight is 1950 g/mol. The van der Waals surface area contributed by atoms with Gasteiger partial charge in [-0.15, -0.1) is 0 Å². The monoisotopic (exact) mass is 1950 g/mol. The molecule has 20 nitrogen and oxygen atoms in total. The maximum Gasteiger partial charge on any atom is 0.324 e. The van der Waals surface area contributed by atoms with E-state index in [1.807, 2.05) is 218 Å². The number of unbranched alkanes of at least 4 members (excludes halogenated alkanes) is 22. The third-order valence-electron chi connectivity index (χ3n) is 27.1. The molecule has 0 aliphatic heterocycles. The number of hydrogen-bond acceptors (Lipinski definition) is 18. The number of aromatic hydroxyl groups is 4. The minimum atomic E-state index is -2.23. The van der Waals surface area contributed by atoms with E-state index in [-0.39, 0.29) is 96.0 Å². The Morgan fingerprint density at radius 1 is 0.257 bits per heavy atom. The van der Waals surface area contributed by atoms with Crippen molar-refractivity contribution in [1.29, 1.82) is 0 Å². The lowest BCUT2D eigenvalue weighted by molar-refractivity contribution is -0.173. The highest BCUT2D eigenvalue weighted by molar-refractivity contribution is 6.11. The summed E-state index contributed by atoms with van der Waals surface area (Å²) in [6, 6.07) is 76.5. The fourth-order valence-electron chi connectivity index (χ4n) is 19.5. The van der Waals surface area contributed by atoms with Crippen LogP contribution in [0.15, 0.2) is 255 Å². The van der Waals surface area contributed by atoms with Crippen LogP contribution >= 0.6 is 0 Å². The summed E-state index contributed by atoms with van der Waals surface area (Å²) in [7, 11) is 0. The lowest BCUT2D eigenvalue weighted by atomic mass is 9.76. The molecule has 0 saturated carbocycles. The van der Waals surface area contributed by atoms with Gasteiger partial charge in [0.15, 0.2) is 10.8 Å². The van der Waals surface area contributed by atoms with Crippen molar-refractivity contribution in [2.45, 2.75) is 244 Å². The minimum absolute atomic E-state index is 0.0327. The summed E-state index contributed by atoms with van der Waals surface area (Å²) in [5.41, 5.74) is -1.29. The number of esters is 4. The minimum Gasteiger partial charge on any atom is -0.508 e. The molecule has 0 aromatic heterocycles. The van der Waals surface area contributed by atoms with E-state index >= 15 is 28.8 Å². The van der Waals surface area contributed by atoms with Gasteiger partial charge in [0.2, 0.25) is 0 Å². The number of benzene rings is 11. The van der Waals surface area contributed by atoms with Crippen molar-refractivity contribution >= 4 is 35.7 Å². The van der Waals surface area contributed by atoms with E-state index in [4.69, 9.17) is 37.9 Å². The van der Waals surface area contributed by atoms with Crippen LogP contribution in [0.3, 0.4) is 0 Å². The van der Waals surface area contributed by atoms with Crippen molar-refractivity contribution in [2.24, 2.45) is 10.8 Å². The third-order valence-corrected chi connectivity index (χ3v) is 27.1. The number of phenols is 4. The molecule has 13 rings (SSSR count). The van der Waals surface area contributed by atoms with E-state index in [2.05, 4.69) is 62.0 Å². The summed E-state index contributed by atoms with van der Waals surface area (Å²) in [5, 5.41) is 47.3. The van der Waals surface area contributed by atoms with Gasteiger partial charge in [-0.3, -0.25) is 28.8 Å². The number of phenolic OH excluding ortho intramolecular Hbond substituents is 4. The molecule has 754 valence electrons. The molecular formula is C124H140N2O18. The van der Waals surface area contributed by atoms with Crippen molar-refractivity contribution in [3.63, 3.8) is 0 Å².